The summed E-state index contributed by atoms with van der Waals surface area (Å²) < 4.78 is 12.0. The topological polar surface area (TPSA) is 124 Å². The van der Waals surface area contributed by atoms with Crippen LogP contribution in [0.25, 0.3) is 0 Å². The van der Waals surface area contributed by atoms with E-state index in [2.05, 4.69) is 55.3 Å². The van der Waals surface area contributed by atoms with Crippen LogP contribution in [0.5, 0.6) is 5.75 Å². The van der Waals surface area contributed by atoms with Crippen LogP contribution in [0.15, 0.2) is 59.8 Å². The van der Waals surface area contributed by atoms with Gasteiger partial charge in [0.1, 0.15) is 30.5 Å². The number of anilines is 1. The quantitative estimate of drug-likeness (QED) is 0.204. The molecule has 0 bridgehead atoms. The molecule has 1 aliphatic carbocycles. The van der Waals surface area contributed by atoms with E-state index in [1.54, 1.807) is 36.5 Å². The monoisotopic (exact) mass is 623 g/mol. The fraction of sp³-hybridized carbons (Fsp3) is 0.485. The molecule has 236 valence electrons. The zero-order valence-corrected chi connectivity index (χ0v) is 26.8. The van der Waals surface area contributed by atoms with Crippen molar-refractivity contribution in [2.24, 2.45) is 23.2 Å². The number of amides is 1. The van der Waals surface area contributed by atoms with E-state index in [1.807, 2.05) is 6.07 Å². The Morgan fingerprint density at radius 3 is 2.59 bits per heavy atom. The zero-order chi connectivity index (χ0) is 31.9. The molecule has 0 aliphatic heterocycles. The predicted octanol–water partition coefficient (Wildman–Crippen LogP) is 5.35. The van der Waals surface area contributed by atoms with Crippen LogP contribution in [0.4, 0.5) is 5.69 Å². The van der Waals surface area contributed by atoms with Gasteiger partial charge in [-0.3, -0.25) is 14.6 Å². The molecule has 2 N–H and O–H groups in total. The van der Waals surface area contributed by atoms with Gasteiger partial charge in [-0.1, -0.05) is 70.8 Å². The Kier molecular flexibility index (Phi) is 11.0. The van der Waals surface area contributed by atoms with Crippen LogP contribution in [0.2, 0.25) is 5.02 Å². The minimum atomic E-state index is -0.534. The smallest absolute Gasteiger partial charge is 0.338 e. The maximum absolute atomic E-state index is 13.0. The molecule has 10 nitrogen and oxygen atoms in total. The van der Waals surface area contributed by atoms with Gasteiger partial charge in [-0.25, -0.2) is 9.48 Å². The number of pyridine rings is 1. The summed E-state index contributed by atoms with van der Waals surface area (Å²) in [7, 11) is 0. The Morgan fingerprint density at radius 1 is 1.11 bits per heavy atom. The van der Waals surface area contributed by atoms with Crippen LogP contribution in [-0.4, -0.2) is 45.9 Å². The van der Waals surface area contributed by atoms with Gasteiger partial charge in [0.15, 0.2) is 0 Å². The number of esters is 1. The number of halogens is 1. The number of hydrogen-bond donors (Lipinski definition) is 2. The lowest BCUT2D eigenvalue weighted by atomic mass is 9.57. The number of hydrogen-bond acceptors (Lipinski definition) is 8. The van der Waals surface area contributed by atoms with Gasteiger partial charge in [-0.05, 0) is 47.8 Å². The first-order valence-corrected chi connectivity index (χ1v) is 15.5. The highest BCUT2D eigenvalue weighted by molar-refractivity contribution is 6.32. The second kappa shape index (κ2) is 14.7. The Hall–Kier alpha value is -3.92. The standard InChI is InChI=1S/C33H42ClN5O5/c1-6-25-22(3)26(16-21(2)33(25,4)5)38-27-18-37-39(31(41)30(27)34)20-29(40)36-17-24-12-13-35-19-28(24)43-14-15-44-32(42)23-10-8-7-9-11-23/h7-13,18-19,21-22,25-26,38H,6,14-17,20H2,1-5H3,(H,36,40)/t21-,22?,25+,26+/m0/s1. The van der Waals surface area contributed by atoms with Gasteiger partial charge >= 0.3 is 5.97 Å². The molecule has 4 rings (SSSR count). The van der Waals surface area contributed by atoms with Crippen molar-refractivity contribution in [3.8, 4) is 5.75 Å². The van der Waals surface area contributed by atoms with Crippen molar-refractivity contribution in [3.05, 3.63) is 81.5 Å². The molecule has 1 fully saturated rings. The van der Waals surface area contributed by atoms with E-state index in [-0.39, 0.29) is 42.8 Å². The molecule has 2 heterocycles. The minimum absolute atomic E-state index is 0.0170. The molecule has 4 atom stereocenters. The Balaban J connectivity index is 1.30. The molecule has 0 saturated heterocycles. The Bertz CT molecular complexity index is 1500. The lowest BCUT2D eigenvalue weighted by Crippen LogP contribution is -2.49. The number of carbonyl (C=O) groups excluding carboxylic acids is 2. The van der Waals surface area contributed by atoms with Crippen LogP contribution in [0.1, 0.15) is 63.4 Å². The first kappa shape index (κ1) is 33.0. The molecule has 1 unspecified atom stereocenters. The highest BCUT2D eigenvalue weighted by Crippen LogP contribution is 2.49. The summed E-state index contributed by atoms with van der Waals surface area (Å²) in [4.78, 5) is 42.0. The van der Waals surface area contributed by atoms with E-state index in [4.69, 9.17) is 21.1 Å². The van der Waals surface area contributed by atoms with Crippen molar-refractivity contribution in [3.63, 3.8) is 0 Å². The van der Waals surface area contributed by atoms with E-state index in [0.717, 1.165) is 17.5 Å². The molecule has 1 saturated carbocycles. The second-order valence-corrected chi connectivity index (χ2v) is 12.4. The van der Waals surface area contributed by atoms with Crippen molar-refractivity contribution >= 4 is 29.2 Å². The molecular formula is C33H42ClN5O5. The number of carbonyl (C=O) groups is 2. The van der Waals surface area contributed by atoms with Crippen LogP contribution in [0, 0.1) is 23.2 Å². The van der Waals surface area contributed by atoms with E-state index in [0.29, 0.717) is 40.3 Å². The van der Waals surface area contributed by atoms with Gasteiger partial charge in [-0.2, -0.15) is 5.10 Å². The lowest BCUT2D eigenvalue weighted by molar-refractivity contribution is -0.122. The molecule has 44 heavy (non-hydrogen) atoms. The summed E-state index contributed by atoms with van der Waals surface area (Å²) in [6.45, 7) is 11.4. The number of nitrogens with one attached hydrogen (secondary N) is 2. The van der Waals surface area contributed by atoms with Gasteiger partial charge in [0, 0.05) is 24.3 Å². The average Bonchev–Trinajstić information content (AvgIpc) is 3.01. The highest BCUT2D eigenvalue weighted by Gasteiger charge is 2.45. The number of aromatic nitrogens is 3. The van der Waals surface area contributed by atoms with Crippen molar-refractivity contribution < 1.29 is 19.1 Å². The normalized spacial score (nSPS) is 20.9. The molecule has 1 amide bonds. The van der Waals surface area contributed by atoms with Crippen molar-refractivity contribution in [1.29, 1.82) is 0 Å². The summed E-state index contributed by atoms with van der Waals surface area (Å²) in [6, 6.07) is 10.6. The predicted molar refractivity (Wildman–Crippen MR) is 170 cm³/mol. The number of nitrogens with zero attached hydrogens (tertiary/aromatic N) is 3. The van der Waals surface area contributed by atoms with Crippen LogP contribution in [-0.2, 0) is 22.6 Å². The number of benzene rings is 1. The minimum Gasteiger partial charge on any atom is -0.488 e. The highest BCUT2D eigenvalue weighted by atomic mass is 35.5. The van der Waals surface area contributed by atoms with E-state index >= 15 is 0 Å². The maximum atomic E-state index is 13.0. The van der Waals surface area contributed by atoms with E-state index < -0.39 is 17.4 Å². The van der Waals surface area contributed by atoms with Crippen molar-refractivity contribution in [2.45, 2.75) is 66.6 Å². The van der Waals surface area contributed by atoms with E-state index in [9.17, 15) is 14.4 Å². The first-order valence-electron chi connectivity index (χ1n) is 15.1. The second-order valence-electron chi connectivity index (χ2n) is 12.0. The fourth-order valence-electron chi connectivity index (χ4n) is 6.20. The summed E-state index contributed by atoms with van der Waals surface area (Å²) in [5, 5.41) is 10.5. The summed E-state index contributed by atoms with van der Waals surface area (Å²) >= 11 is 6.50. The van der Waals surface area contributed by atoms with Gasteiger partial charge in [0.2, 0.25) is 5.91 Å². The maximum Gasteiger partial charge on any atom is 0.338 e. The van der Waals surface area contributed by atoms with Gasteiger partial charge in [0.05, 0.1) is 23.6 Å². The first-order chi connectivity index (χ1) is 21.0. The lowest BCUT2D eigenvalue weighted by Gasteiger charge is -2.51. The van der Waals surface area contributed by atoms with Gasteiger partial charge < -0.3 is 20.1 Å². The van der Waals surface area contributed by atoms with Crippen molar-refractivity contribution in [1.82, 2.24) is 20.1 Å². The summed E-state index contributed by atoms with van der Waals surface area (Å²) in [5.41, 5.74) is 1.31. The molecule has 3 aromatic rings. The van der Waals surface area contributed by atoms with Gasteiger partial charge in [0.25, 0.3) is 5.56 Å². The molecule has 1 aromatic carbocycles. The third kappa shape index (κ3) is 7.77. The third-order valence-corrected chi connectivity index (χ3v) is 9.46. The molecule has 1 aliphatic rings. The Morgan fingerprint density at radius 2 is 1.86 bits per heavy atom. The third-order valence-electron chi connectivity index (χ3n) is 9.09. The molecule has 0 radical (unpaired) electrons. The Labute approximate surface area is 263 Å². The largest absolute Gasteiger partial charge is 0.488 e. The summed E-state index contributed by atoms with van der Waals surface area (Å²) in [6.07, 6.45) is 6.67. The molecule has 11 heteroatoms. The molecular weight excluding hydrogens is 582 g/mol. The molecule has 0 spiro atoms. The number of rotatable bonds is 12. The molecule has 2 aromatic heterocycles. The van der Waals surface area contributed by atoms with Crippen LogP contribution in [0.3, 0.4) is 0 Å². The number of ether oxygens (including phenoxy) is 2. The van der Waals surface area contributed by atoms with Crippen LogP contribution < -0.4 is 20.9 Å². The zero-order valence-electron chi connectivity index (χ0n) is 26.0. The van der Waals surface area contributed by atoms with Gasteiger partial charge in [-0.15, -0.1) is 0 Å². The van der Waals surface area contributed by atoms with Crippen molar-refractivity contribution in [2.75, 3.05) is 18.5 Å². The summed E-state index contributed by atoms with van der Waals surface area (Å²) in [5.74, 6) is 1.01. The average molecular weight is 624 g/mol. The van der Waals surface area contributed by atoms with E-state index in [1.165, 1.54) is 12.4 Å². The van der Waals surface area contributed by atoms with Crippen LogP contribution >= 0.6 is 11.6 Å². The fourth-order valence-corrected chi connectivity index (χ4v) is 6.40. The SMILES string of the molecule is CC[C@@H]1C(C)[C@H](Nc2cnn(CC(=O)NCc3ccncc3OCCOC(=O)c3ccccc3)c(=O)c2Cl)C[C@H](C)C1(C)C.